The van der Waals surface area contributed by atoms with Crippen LogP contribution in [0, 0.1) is 6.92 Å². The van der Waals surface area contributed by atoms with Crippen molar-refractivity contribution < 1.29 is 39.7 Å². The van der Waals surface area contributed by atoms with Crippen molar-refractivity contribution in [3.8, 4) is 11.5 Å². The monoisotopic (exact) mass is 458 g/mol. The average molecular weight is 458 g/mol. The Morgan fingerprint density at radius 3 is 2.82 bits per heavy atom. The number of aromatic nitrogens is 2. The number of rotatable bonds is 6. The van der Waals surface area contributed by atoms with Crippen molar-refractivity contribution in [2.24, 2.45) is 0 Å². The lowest BCUT2D eigenvalue weighted by atomic mass is 9.99. The first-order valence-electron chi connectivity index (χ1n) is 10.8. The van der Waals surface area contributed by atoms with Crippen LogP contribution >= 0.6 is 0 Å². The third-order valence-electron chi connectivity index (χ3n) is 6.06. The zero-order valence-electron chi connectivity index (χ0n) is 18.0. The summed E-state index contributed by atoms with van der Waals surface area (Å²) in [6, 6.07) is 9.76. The first-order chi connectivity index (χ1) is 15.9. The molecule has 2 aliphatic heterocycles. The molecular formula is C23H26N2O8. The molecule has 0 aliphatic carbocycles. The van der Waals surface area contributed by atoms with Gasteiger partial charge < -0.3 is 34.8 Å². The van der Waals surface area contributed by atoms with Gasteiger partial charge in [0.1, 0.15) is 24.1 Å². The Balaban J connectivity index is 1.40. The third-order valence-corrected chi connectivity index (χ3v) is 6.06. The minimum absolute atomic E-state index is 0.344. The van der Waals surface area contributed by atoms with Gasteiger partial charge >= 0.3 is 0 Å². The van der Waals surface area contributed by atoms with E-state index >= 15 is 0 Å². The van der Waals surface area contributed by atoms with Gasteiger partial charge in [-0.05, 0) is 41.8 Å². The van der Waals surface area contributed by atoms with Gasteiger partial charge in [0.15, 0.2) is 18.1 Å². The molecule has 33 heavy (non-hydrogen) atoms. The fourth-order valence-corrected chi connectivity index (χ4v) is 4.34. The number of aryl methyl sites for hydroxylation is 1. The molecule has 5 atom stereocenters. The van der Waals surface area contributed by atoms with Crippen molar-refractivity contribution in [2.45, 2.75) is 50.5 Å². The Morgan fingerprint density at radius 2 is 2.00 bits per heavy atom. The molecule has 1 saturated heterocycles. The smallest absolute Gasteiger partial charge is 0.188 e. The molecule has 2 aliphatic rings. The van der Waals surface area contributed by atoms with E-state index in [-0.39, 0.29) is 0 Å². The molecule has 0 radical (unpaired) electrons. The van der Waals surface area contributed by atoms with Crippen LogP contribution in [0.25, 0.3) is 10.9 Å². The zero-order valence-corrected chi connectivity index (χ0v) is 18.0. The van der Waals surface area contributed by atoms with E-state index in [9.17, 15) is 20.4 Å². The van der Waals surface area contributed by atoms with Crippen molar-refractivity contribution in [3.63, 3.8) is 0 Å². The summed E-state index contributed by atoms with van der Waals surface area (Å²) in [5.41, 5.74) is 4.61. The van der Waals surface area contributed by atoms with Gasteiger partial charge in [-0.1, -0.05) is 12.1 Å². The topological polar surface area (TPSA) is 147 Å². The summed E-state index contributed by atoms with van der Waals surface area (Å²) in [6.07, 6.45) is -5.66. The quantitative estimate of drug-likeness (QED) is 0.263. The Morgan fingerprint density at radius 1 is 1.15 bits per heavy atom. The summed E-state index contributed by atoms with van der Waals surface area (Å²) in [5, 5.41) is 47.9. The molecule has 5 N–H and O–H groups in total. The number of fused-ring (bicyclic) bond motifs is 2. The normalized spacial score (nSPS) is 26.9. The number of aromatic amines is 1. The summed E-state index contributed by atoms with van der Waals surface area (Å²) in [5.74, 6) is 1.26. The number of benzene rings is 2. The van der Waals surface area contributed by atoms with Crippen LogP contribution in [0.2, 0.25) is 0 Å². The minimum Gasteiger partial charge on any atom is -0.493 e. The molecule has 0 bridgehead atoms. The van der Waals surface area contributed by atoms with Gasteiger partial charge in [0.05, 0.1) is 29.8 Å². The number of nitrogens with zero attached hydrogens (tertiary/aromatic N) is 1. The van der Waals surface area contributed by atoms with Gasteiger partial charge in [-0.3, -0.25) is 5.10 Å². The number of ether oxygens (including phenoxy) is 2. The number of aliphatic hydroxyl groups excluding tert-OH is 4. The first-order valence-corrected chi connectivity index (χ1v) is 10.8. The summed E-state index contributed by atoms with van der Waals surface area (Å²) in [6.45, 7) is 2.01. The van der Waals surface area contributed by atoms with Crippen LogP contribution in [0.1, 0.15) is 22.4 Å². The average Bonchev–Trinajstić information content (AvgIpc) is 3.42. The molecular weight excluding hydrogens is 432 g/mol. The maximum atomic E-state index is 10.3. The standard InChI is InChI=1S/C23H26N2O8/c1-11-6-14-19(15(25-24-14)9-12-2-3-16-13(8-12)4-5-30-16)17(7-11)32-33-22-21(28)20(27)18(10-26)31-23(22)29/h2-3,6-8,18,20-23,26-29H,4-5,9-10H2,1H3,(H,24,25)/t18-,20-,21+,22-,23-/m1/s1. The van der Waals surface area contributed by atoms with Gasteiger partial charge in [-0.25, -0.2) is 0 Å². The lowest BCUT2D eigenvalue weighted by Crippen LogP contribution is -2.59. The highest BCUT2D eigenvalue weighted by atomic mass is 17.2. The Labute approximate surface area is 189 Å². The van der Waals surface area contributed by atoms with Crippen LogP contribution < -0.4 is 9.62 Å². The van der Waals surface area contributed by atoms with E-state index in [2.05, 4.69) is 16.3 Å². The number of aliphatic hydroxyl groups is 4. The molecule has 0 spiro atoms. The molecule has 0 saturated carbocycles. The van der Waals surface area contributed by atoms with Crippen LogP contribution in [0.15, 0.2) is 30.3 Å². The Hall–Kier alpha value is -2.73. The highest BCUT2D eigenvalue weighted by Gasteiger charge is 2.45. The van der Waals surface area contributed by atoms with Crippen LogP contribution in [-0.2, 0) is 22.5 Å². The van der Waals surface area contributed by atoms with Crippen molar-refractivity contribution in [3.05, 3.63) is 52.7 Å². The highest BCUT2D eigenvalue weighted by Crippen LogP contribution is 2.33. The van der Waals surface area contributed by atoms with E-state index in [0.717, 1.165) is 34.5 Å². The second kappa shape index (κ2) is 8.90. The maximum Gasteiger partial charge on any atom is 0.188 e. The van der Waals surface area contributed by atoms with Crippen LogP contribution in [-0.4, -0.2) is 74.5 Å². The number of H-pyrrole nitrogens is 1. The summed E-state index contributed by atoms with van der Waals surface area (Å²) >= 11 is 0. The molecule has 0 amide bonds. The lowest BCUT2D eigenvalue weighted by molar-refractivity contribution is -0.364. The predicted molar refractivity (Wildman–Crippen MR) is 115 cm³/mol. The molecule has 2 aromatic carbocycles. The molecule has 1 aromatic heterocycles. The molecule has 3 heterocycles. The predicted octanol–water partition coefficient (Wildman–Crippen LogP) is 0.507. The fourth-order valence-electron chi connectivity index (χ4n) is 4.34. The largest absolute Gasteiger partial charge is 0.493 e. The van der Waals surface area contributed by atoms with Gasteiger partial charge in [0.2, 0.25) is 0 Å². The van der Waals surface area contributed by atoms with Crippen molar-refractivity contribution in [1.29, 1.82) is 0 Å². The van der Waals surface area contributed by atoms with E-state index < -0.39 is 37.3 Å². The Bertz CT molecular complexity index is 1150. The third kappa shape index (κ3) is 4.17. The fraction of sp³-hybridized carbons (Fsp3) is 0.435. The molecule has 5 rings (SSSR count). The number of hydrogen-bond donors (Lipinski definition) is 5. The molecule has 1 fully saturated rings. The van der Waals surface area contributed by atoms with Crippen LogP contribution in [0.3, 0.4) is 0 Å². The number of hydrogen-bond acceptors (Lipinski definition) is 9. The van der Waals surface area contributed by atoms with E-state index in [4.69, 9.17) is 19.2 Å². The molecule has 176 valence electrons. The number of nitrogens with one attached hydrogen (secondary N) is 1. The van der Waals surface area contributed by atoms with E-state index in [1.165, 1.54) is 5.56 Å². The SMILES string of the molecule is Cc1cc(OO[C@@H]2[C@@H](O)[C@H](O)[C@@H](CO)O[C@H]2O)c2c(Cc3ccc4c(c3)CCO4)n[nH]c2c1. The van der Waals surface area contributed by atoms with E-state index in [1.807, 2.05) is 25.1 Å². The first kappa shape index (κ1) is 22.1. The van der Waals surface area contributed by atoms with Crippen LogP contribution in [0.4, 0.5) is 0 Å². The summed E-state index contributed by atoms with van der Waals surface area (Å²) in [7, 11) is 0. The second-order valence-corrected chi connectivity index (χ2v) is 8.45. The van der Waals surface area contributed by atoms with Crippen molar-refractivity contribution in [1.82, 2.24) is 10.2 Å². The van der Waals surface area contributed by atoms with Gasteiger partial charge in [-0.2, -0.15) is 9.99 Å². The molecule has 3 aromatic rings. The summed E-state index contributed by atoms with van der Waals surface area (Å²) < 4.78 is 10.7. The van der Waals surface area contributed by atoms with Crippen molar-refractivity contribution >= 4 is 10.9 Å². The molecule has 0 unspecified atom stereocenters. The van der Waals surface area contributed by atoms with Gasteiger partial charge in [0.25, 0.3) is 0 Å². The van der Waals surface area contributed by atoms with Crippen LogP contribution in [0.5, 0.6) is 11.5 Å². The highest BCUT2D eigenvalue weighted by molar-refractivity contribution is 5.88. The molecule has 10 nitrogen and oxygen atoms in total. The van der Waals surface area contributed by atoms with Gasteiger partial charge in [-0.15, -0.1) is 0 Å². The van der Waals surface area contributed by atoms with E-state index in [0.29, 0.717) is 24.2 Å². The second-order valence-electron chi connectivity index (χ2n) is 8.45. The Kier molecular flexibility index (Phi) is 5.95. The van der Waals surface area contributed by atoms with Gasteiger partial charge in [0, 0.05) is 12.8 Å². The summed E-state index contributed by atoms with van der Waals surface area (Å²) in [4.78, 5) is 10.9. The van der Waals surface area contributed by atoms with E-state index in [1.54, 1.807) is 6.07 Å². The maximum absolute atomic E-state index is 10.3. The molecule has 10 heteroatoms. The zero-order chi connectivity index (χ0) is 23.1. The lowest BCUT2D eigenvalue weighted by Gasteiger charge is -2.38. The minimum atomic E-state index is -1.60. The van der Waals surface area contributed by atoms with Crippen molar-refractivity contribution in [2.75, 3.05) is 13.2 Å².